The number of hydrogen-bond donors (Lipinski definition) is 1. The summed E-state index contributed by atoms with van der Waals surface area (Å²) >= 11 is 6.31. The van der Waals surface area contributed by atoms with Crippen LogP contribution in [0, 0.1) is 0 Å². The molecule has 1 unspecified atom stereocenters. The van der Waals surface area contributed by atoms with Gasteiger partial charge in [-0.3, -0.25) is 14.9 Å². The lowest BCUT2D eigenvalue weighted by molar-refractivity contribution is 0.0730. The third kappa shape index (κ3) is 3.45. The van der Waals surface area contributed by atoms with Gasteiger partial charge in [-0.05, 0) is 53.6 Å². The van der Waals surface area contributed by atoms with Crippen LogP contribution in [0.4, 0.5) is 0 Å². The molecule has 0 saturated carbocycles. The lowest BCUT2D eigenvalue weighted by atomic mass is 9.96. The Hall–Kier alpha value is -3.64. The number of methoxy groups -OCH3 is 1. The van der Waals surface area contributed by atoms with Crippen LogP contribution >= 0.6 is 11.6 Å². The Bertz CT molecular complexity index is 1240. The van der Waals surface area contributed by atoms with Crippen molar-refractivity contribution in [2.24, 2.45) is 0 Å². The molecule has 2 aromatic heterocycles. The van der Waals surface area contributed by atoms with Crippen molar-refractivity contribution >= 4 is 17.5 Å². The van der Waals surface area contributed by atoms with Crippen LogP contribution in [0.3, 0.4) is 0 Å². The van der Waals surface area contributed by atoms with Crippen molar-refractivity contribution in [1.82, 2.24) is 20.1 Å². The number of H-pyrrole nitrogens is 1. The van der Waals surface area contributed by atoms with E-state index in [1.807, 2.05) is 65.6 Å². The first kappa shape index (κ1) is 19.3. The number of fused-ring (bicyclic) bond motifs is 1. The zero-order chi connectivity index (χ0) is 21.4. The van der Waals surface area contributed by atoms with Gasteiger partial charge in [0, 0.05) is 35.1 Å². The fourth-order valence-corrected chi connectivity index (χ4v) is 4.24. The van der Waals surface area contributed by atoms with Crippen LogP contribution in [0.25, 0.3) is 11.3 Å². The predicted molar refractivity (Wildman–Crippen MR) is 118 cm³/mol. The summed E-state index contributed by atoms with van der Waals surface area (Å²) in [6, 6.07) is 18.8. The number of nitrogens with one attached hydrogen (secondary N) is 1. The van der Waals surface area contributed by atoms with E-state index in [4.69, 9.17) is 16.3 Å². The molecule has 1 N–H and O–H groups in total. The van der Waals surface area contributed by atoms with Crippen molar-refractivity contribution in [3.63, 3.8) is 0 Å². The molecule has 3 heterocycles. The number of amides is 1. The molecule has 5 rings (SSSR count). The van der Waals surface area contributed by atoms with Gasteiger partial charge in [0.05, 0.1) is 18.8 Å². The number of aromatic amines is 1. The van der Waals surface area contributed by atoms with Gasteiger partial charge in [-0.2, -0.15) is 5.10 Å². The molecule has 0 saturated heterocycles. The zero-order valence-corrected chi connectivity index (χ0v) is 17.5. The van der Waals surface area contributed by atoms with Gasteiger partial charge >= 0.3 is 0 Å². The number of pyridine rings is 1. The fourth-order valence-electron chi connectivity index (χ4n) is 4.04. The van der Waals surface area contributed by atoms with E-state index in [1.54, 1.807) is 19.5 Å². The molecule has 154 valence electrons. The van der Waals surface area contributed by atoms with Gasteiger partial charge in [0.2, 0.25) is 0 Å². The smallest absolute Gasteiger partial charge is 0.273 e. The summed E-state index contributed by atoms with van der Waals surface area (Å²) in [5.74, 6) is 0.660. The Labute approximate surface area is 184 Å². The Morgan fingerprint density at radius 3 is 2.68 bits per heavy atom. The SMILES string of the molecule is COc1ccc(-c2n[nH]c3c2C(c2cccc(Cl)c2)N(Cc2cccnc2)C3=O)cc1. The molecular formula is C24H19ClN4O2. The van der Waals surface area contributed by atoms with E-state index >= 15 is 0 Å². The lowest BCUT2D eigenvalue weighted by Gasteiger charge is -2.26. The topological polar surface area (TPSA) is 71.1 Å². The molecule has 0 bridgehead atoms. The van der Waals surface area contributed by atoms with Crippen molar-refractivity contribution in [3.05, 3.63) is 100 Å². The summed E-state index contributed by atoms with van der Waals surface area (Å²) in [6.07, 6.45) is 3.50. The minimum Gasteiger partial charge on any atom is -0.497 e. The first-order valence-electron chi connectivity index (χ1n) is 9.83. The highest BCUT2D eigenvalue weighted by Gasteiger charge is 2.42. The van der Waals surface area contributed by atoms with Crippen LogP contribution in [0.5, 0.6) is 5.75 Å². The molecule has 1 amide bonds. The number of hydrogen-bond acceptors (Lipinski definition) is 4. The highest BCUT2D eigenvalue weighted by molar-refractivity contribution is 6.30. The minimum atomic E-state index is -0.322. The molecule has 0 radical (unpaired) electrons. The number of carbonyl (C=O) groups is 1. The number of halogens is 1. The van der Waals surface area contributed by atoms with Gasteiger partial charge in [-0.25, -0.2) is 0 Å². The van der Waals surface area contributed by atoms with Crippen LogP contribution < -0.4 is 4.74 Å². The highest BCUT2D eigenvalue weighted by Crippen LogP contribution is 2.44. The molecule has 6 nitrogen and oxygen atoms in total. The van der Waals surface area contributed by atoms with Gasteiger partial charge in [0.15, 0.2) is 0 Å². The number of benzene rings is 2. The molecule has 1 atom stereocenters. The molecule has 0 fully saturated rings. The molecule has 0 aliphatic carbocycles. The van der Waals surface area contributed by atoms with Crippen molar-refractivity contribution in [3.8, 4) is 17.0 Å². The standard InChI is InChI=1S/C24H19ClN4O2/c1-31-19-9-7-16(8-10-19)21-20-22(28-27-21)24(30)29(14-15-4-3-11-26-13-15)23(20)17-5-2-6-18(25)12-17/h2-13,23H,14H2,1H3,(H,27,28). The summed E-state index contributed by atoms with van der Waals surface area (Å²) in [5, 5.41) is 8.09. The second kappa shape index (κ2) is 7.89. The summed E-state index contributed by atoms with van der Waals surface area (Å²) in [7, 11) is 1.63. The largest absolute Gasteiger partial charge is 0.497 e. The second-order valence-electron chi connectivity index (χ2n) is 7.34. The zero-order valence-electron chi connectivity index (χ0n) is 16.7. The average Bonchev–Trinajstić information content (AvgIpc) is 3.34. The van der Waals surface area contributed by atoms with E-state index < -0.39 is 0 Å². The van der Waals surface area contributed by atoms with Crippen molar-refractivity contribution < 1.29 is 9.53 Å². The molecule has 1 aliphatic rings. The predicted octanol–water partition coefficient (Wildman–Crippen LogP) is 4.88. The maximum absolute atomic E-state index is 13.4. The molecule has 7 heteroatoms. The first-order chi connectivity index (χ1) is 15.2. The van der Waals surface area contributed by atoms with Crippen molar-refractivity contribution in [1.29, 1.82) is 0 Å². The normalized spacial score (nSPS) is 15.2. The van der Waals surface area contributed by atoms with Crippen LogP contribution in [0.15, 0.2) is 73.1 Å². The lowest BCUT2D eigenvalue weighted by Crippen LogP contribution is -2.29. The second-order valence-corrected chi connectivity index (χ2v) is 7.78. The maximum Gasteiger partial charge on any atom is 0.273 e. The minimum absolute atomic E-state index is 0.101. The molecule has 4 aromatic rings. The molecule has 2 aromatic carbocycles. The van der Waals surface area contributed by atoms with Gasteiger partial charge in [-0.15, -0.1) is 0 Å². The van der Waals surface area contributed by atoms with E-state index in [0.29, 0.717) is 17.3 Å². The van der Waals surface area contributed by atoms with Crippen LogP contribution in [-0.4, -0.2) is 33.1 Å². The number of rotatable bonds is 5. The van der Waals surface area contributed by atoms with Crippen LogP contribution in [0.1, 0.15) is 33.2 Å². The molecular weight excluding hydrogens is 412 g/mol. The number of carbonyl (C=O) groups excluding carboxylic acids is 1. The van der Waals surface area contributed by atoms with Crippen molar-refractivity contribution in [2.45, 2.75) is 12.6 Å². The van der Waals surface area contributed by atoms with Gasteiger partial charge in [0.25, 0.3) is 5.91 Å². The van der Waals surface area contributed by atoms with E-state index in [-0.39, 0.29) is 11.9 Å². The quantitative estimate of drug-likeness (QED) is 0.490. The summed E-state index contributed by atoms with van der Waals surface area (Å²) in [6.45, 7) is 0.425. The molecule has 1 aliphatic heterocycles. The maximum atomic E-state index is 13.4. The number of aromatic nitrogens is 3. The number of nitrogens with zero attached hydrogens (tertiary/aromatic N) is 3. The molecule has 31 heavy (non-hydrogen) atoms. The van der Waals surface area contributed by atoms with Gasteiger partial charge in [0.1, 0.15) is 11.4 Å². The third-order valence-electron chi connectivity index (χ3n) is 5.47. The summed E-state index contributed by atoms with van der Waals surface area (Å²) < 4.78 is 5.27. The summed E-state index contributed by atoms with van der Waals surface area (Å²) in [4.78, 5) is 19.4. The van der Waals surface area contributed by atoms with Gasteiger partial charge < -0.3 is 9.64 Å². The highest BCUT2D eigenvalue weighted by atomic mass is 35.5. The van der Waals surface area contributed by atoms with Crippen LogP contribution in [0.2, 0.25) is 5.02 Å². The Morgan fingerprint density at radius 2 is 1.97 bits per heavy atom. The first-order valence-corrected chi connectivity index (χ1v) is 10.2. The Morgan fingerprint density at radius 1 is 1.13 bits per heavy atom. The Balaban J connectivity index is 1.64. The molecule has 0 spiro atoms. The van der Waals surface area contributed by atoms with E-state index in [0.717, 1.165) is 33.7 Å². The van der Waals surface area contributed by atoms with E-state index in [9.17, 15) is 4.79 Å². The average molecular weight is 431 g/mol. The number of ether oxygens (including phenoxy) is 1. The van der Waals surface area contributed by atoms with Crippen molar-refractivity contribution in [2.75, 3.05) is 7.11 Å². The monoisotopic (exact) mass is 430 g/mol. The summed E-state index contributed by atoms with van der Waals surface area (Å²) in [5.41, 5.74) is 4.87. The Kier molecular flexibility index (Phi) is 4.92. The van der Waals surface area contributed by atoms with Crippen LogP contribution in [-0.2, 0) is 6.54 Å². The van der Waals surface area contributed by atoms with Gasteiger partial charge in [-0.1, -0.05) is 29.8 Å². The van der Waals surface area contributed by atoms with E-state index in [1.165, 1.54) is 0 Å². The fraction of sp³-hybridized carbons (Fsp3) is 0.125. The third-order valence-corrected chi connectivity index (χ3v) is 5.70. The van der Waals surface area contributed by atoms with E-state index in [2.05, 4.69) is 15.2 Å².